The highest BCUT2D eigenvalue weighted by molar-refractivity contribution is 5.81. The normalized spacial score (nSPS) is 14.9. The minimum atomic E-state index is -0.401. The molecule has 0 saturated carbocycles. The molecule has 0 aromatic heterocycles. The molecule has 0 aliphatic rings. The smallest absolute Gasteiger partial charge is 0.237 e. The Hall–Kier alpha value is -0.610. The zero-order valence-electron chi connectivity index (χ0n) is 9.38. The molecule has 0 aromatic carbocycles. The molecule has 4 heteroatoms. The van der Waals surface area contributed by atoms with Gasteiger partial charge in [0.25, 0.3) is 0 Å². The van der Waals surface area contributed by atoms with Gasteiger partial charge in [0, 0.05) is 13.2 Å². The lowest BCUT2D eigenvalue weighted by molar-refractivity contribution is -0.123. The number of hydrogen-bond acceptors (Lipinski definition) is 3. The first kappa shape index (κ1) is 13.4. The van der Waals surface area contributed by atoms with Gasteiger partial charge in [-0.3, -0.25) is 4.79 Å². The molecule has 0 aromatic rings. The van der Waals surface area contributed by atoms with E-state index in [1.54, 1.807) is 0 Å². The van der Waals surface area contributed by atoms with Gasteiger partial charge in [0.05, 0.1) is 12.6 Å². The maximum Gasteiger partial charge on any atom is 0.237 e. The summed E-state index contributed by atoms with van der Waals surface area (Å²) in [6.07, 6.45) is 0.917. The minimum Gasteiger partial charge on any atom is -0.380 e. The Morgan fingerprint density at radius 3 is 2.64 bits per heavy atom. The summed E-state index contributed by atoms with van der Waals surface area (Å²) < 4.78 is 5.09. The van der Waals surface area contributed by atoms with Gasteiger partial charge in [0.1, 0.15) is 0 Å². The molecule has 0 saturated heterocycles. The molecule has 0 bridgehead atoms. The fourth-order valence-electron chi connectivity index (χ4n) is 1.02. The van der Waals surface area contributed by atoms with Gasteiger partial charge in [-0.2, -0.15) is 0 Å². The molecule has 0 rings (SSSR count). The molecule has 0 heterocycles. The van der Waals surface area contributed by atoms with Crippen LogP contribution in [0.3, 0.4) is 0 Å². The number of carbonyl (C=O) groups excluding carboxylic acids is 1. The third-order valence-corrected chi connectivity index (χ3v) is 2.31. The first-order chi connectivity index (χ1) is 6.63. The highest BCUT2D eigenvalue weighted by Crippen LogP contribution is 2.04. The standard InChI is InChI=1S/C10H22N2O2/c1-4-8(3)9(11)10(13)12-6-7-14-5-2/h8-9H,4-7,11H2,1-3H3,(H,12,13)/t8?,9-/m0/s1. The zero-order chi connectivity index (χ0) is 11.0. The van der Waals surface area contributed by atoms with Gasteiger partial charge in [-0.25, -0.2) is 0 Å². The molecule has 4 nitrogen and oxygen atoms in total. The molecule has 2 atom stereocenters. The fourth-order valence-corrected chi connectivity index (χ4v) is 1.02. The molecule has 0 fully saturated rings. The number of nitrogens with one attached hydrogen (secondary N) is 1. The second kappa shape index (κ2) is 7.76. The van der Waals surface area contributed by atoms with Gasteiger partial charge >= 0.3 is 0 Å². The molecular formula is C10H22N2O2. The van der Waals surface area contributed by atoms with Gasteiger partial charge in [-0.15, -0.1) is 0 Å². The molecule has 1 amide bonds. The van der Waals surface area contributed by atoms with E-state index in [1.165, 1.54) is 0 Å². The summed E-state index contributed by atoms with van der Waals surface area (Å²) in [7, 11) is 0. The van der Waals surface area contributed by atoms with Gasteiger partial charge in [0.2, 0.25) is 5.91 Å². The van der Waals surface area contributed by atoms with Crippen LogP contribution in [0.5, 0.6) is 0 Å². The molecule has 3 N–H and O–H groups in total. The van der Waals surface area contributed by atoms with Crippen LogP contribution in [-0.4, -0.2) is 31.7 Å². The van der Waals surface area contributed by atoms with Gasteiger partial charge in [-0.05, 0) is 12.8 Å². The SMILES string of the molecule is CCOCCNC(=O)[C@@H](N)C(C)CC. The predicted molar refractivity (Wildman–Crippen MR) is 56.9 cm³/mol. The Morgan fingerprint density at radius 2 is 2.14 bits per heavy atom. The third kappa shape index (κ3) is 5.19. The summed E-state index contributed by atoms with van der Waals surface area (Å²) in [5.74, 6) is 0.140. The van der Waals surface area contributed by atoms with Gasteiger partial charge in [-0.1, -0.05) is 20.3 Å². The highest BCUT2D eigenvalue weighted by Gasteiger charge is 2.18. The summed E-state index contributed by atoms with van der Waals surface area (Å²) in [5.41, 5.74) is 5.73. The van der Waals surface area contributed by atoms with Gasteiger partial charge in [0.15, 0.2) is 0 Å². The average molecular weight is 202 g/mol. The summed E-state index contributed by atoms with van der Waals surface area (Å²) in [4.78, 5) is 11.4. The number of hydrogen-bond donors (Lipinski definition) is 2. The van der Waals surface area contributed by atoms with E-state index in [-0.39, 0.29) is 11.8 Å². The maximum atomic E-state index is 11.4. The molecule has 0 spiro atoms. The number of amides is 1. The van der Waals surface area contributed by atoms with Crippen LogP contribution in [0, 0.1) is 5.92 Å². The lowest BCUT2D eigenvalue weighted by Gasteiger charge is -2.17. The van der Waals surface area contributed by atoms with Crippen LogP contribution in [0.1, 0.15) is 27.2 Å². The predicted octanol–water partition coefficient (Wildman–Crippen LogP) is 0.513. The number of nitrogens with two attached hydrogens (primary N) is 1. The van der Waals surface area contributed by atoms with E-state index in [9.17, 15) is 4.79 Å². The van der Waals surface area contributed by atoms with Crippen molar-refractivity contribution in [2.45, 2.75) is 33.2 Å². The first-order valence-electron chi connectivity index (χ1n) is 5.24. The van der Waals surface area contributed by atoms with E-state index in [0.717, 1.165) is 6.42 Å². The lowest BCUT2D eigenvalue weighted by atomic mass is 9.99. The van der Waals surface area contributed by atoms with Crippen molar-refractivity contribution in [2.24, 2.45) is 11.7 Å². The van der Waals surface area contributed by atoms with Crippen LogP contribution in [0.4, 0.5) is 0 Å². The quantitative estimate of drug-likeness (QED) is 0.591. The molecule has 0 aliphatic carbocycles. The summed E-state index contributed by atoms with van der Waals surface area (Å²) in [5, 5.41) is 2.74. The summed E-state index contributed by atoms with van der Waals surface area (Å²) in [6.45, 7) is 7.69. The van der Waals surface area contributed by atoms with Crippen LogP contribution < -0.4 is 11.1 Å². The zero-order valence-corrected chi connectivity index (χ0v) is 9.38. The van der Waals surface area contributed by atoms with Crippen molar-refractivity contribution in [1.82, 2.24) is 5.32 Å². The number of rotatable bonds is 7. The highest BCUT2D eigenvalue weighted by atomic mass is 16.5. The van der Waals surface area contributed by atoms with Crippen molar-refractivity contribution >= 4 is 5.91 Å². The van der Waals surface area contributed by atoms with Gasteiger partial charge < -0.3 is 15.8 Å². The minimum absolute atomic E-state index is 0.0842. The molecule has 14 heavy (non-hydrogen) atoms. The van der Waals surface area contributed by atoms with Crippen molar-refractivity contribution < 1.29 is 9.53 Å². The monoisotopic (exact) mass is 202 g/mol. The van der Waals surface area contributed by atoms with Crippen LogP contribution in [0.25, 0.3) is 0 Å². The first-order valence-corrected chi connectivity index (χ1v) is 5.24. The van der Waals surface area contributed by atoms with E-state index in [4.69, 9.17) is 10.5 Å². The topological polar surface area (TPSA) is 64.3 Å². The van der Waals surface area contributed by atoms with E-state index in [2.05, 4.69) is 5.32 Å². The van der Waals surface area contributed by atoms with Crippen LogP contribution >= 0.6 is 0 Å². The van der Waals surface area contributed by atoms with Crippen molar-refractivity contribution in [3.05, 3.63) is 0 Å². The number of carbonyl (C=O) groups is 1. The Labute approximate surface area is 86.2 Å². The van der Waals surface area contributed by atoms with Crippen molar-refractivity contribution in [3.63, 3.8) is 0 Å². The lowest BCUT2D eigenvalue weighted by Crippen LogP contribution is -2.45. The Bertz CT molecular complexity index is 162. The van der Waals surface area contributed by atoms with Crippen molar-refractivity contribution in [1.29, 1.82) is 0 Å². The molecule has 0 aliphatic heterocycles. The van der Waals surface area contributed by atoms with Crippen LogP contribution in [0.2, 0.25) is 0 Å². The van der Waals surface area contributed by atoms with E-state index >= 15 is 0 Å². The molecule has 84 valence electrons. The van der Waals surface area contributed by atoms with E-state index in [1.807, 2.05) is 20.8 Å². The summed E-state index contributed by atoms with van der Waals surface area (Å²) in [6, 6.07) is -0.401. The van der Waals surface area contributed by atoms with Crippen molar-refractivity contribution in [3.8, 4) is 0 Å². The maximum absolute atomic E-state index is 11.4. The second-order valence-corrected chi connectivity index (χ2v) is 3.40. The molecular weight excluding hydrogens is 180 g/mol. The molecule has 1 unspecified atom stereocenters. The van der Waals surface area contributed by atoms with E-state index < -0.39 is 6.04 Å². The summed E-state index contributed by atoms with van der Waals surface area (Å²) >= 11 is 0. The Kier molecular flexibility index (Phi) is 7.42. The van der Waals surface area contributed by atoms with Crippen LogP contribution in [0.15, 0.2) is 0 Å². The Balaban J connectivity index is 3.62. The number of ether oxygens (including phenoxy) is 1. The third-order valence-electron chi connectivity index (χ3n) is 2.31. The van der Waals surface area contributed by atoms with E-state index in [0.29, 0.717) is 19.8 Å². The molecule has 0 radical (unpaired) electrons. The average Bonchev–Trinajstić information content (AvgIpc) is 2.21. The van der Waals surface area contributed by atoms with Crippen molar-refractivity contribution in [2.75, 3.05) is 19.8 Å². The largest absolute Gasteiger partial charge is 0.380 e. The fraction of sp³-hybridized carbons (Fsp3) is 0.900. The second-order valence-electron chi connectivity index (χ2n) is 3.40. The Morgan fingerprint density at radius 1 is 1.50 bits per heavy atom. The van der Waals surface area contributed by atoms with Crippen LogP contribution in [-0.2, 0) is 9.53 Å².